The lowest BCUT2D eigenvalue weighted by atomic mass is 10.1. The summed E-state index contributed by atoms with van der Waals surface area (Å²) in [6.45, 7) is 0. The van der Waals surface area contributed by atoms with Crippen LogP contribution in [0.2, 0.25) is 0 Å². The fraction of sp³-hybridized carbons (Fsp3) is 0.125. The summed E-state index contributed by atoms with van der Waals surface area (Å²) in [5.41, 5.74) is -1.45. The molecular formula is C24H13F9O3. The molecule has 12 heteroatoms. The van der Waals surface area contributed by atoms with Gasteiger partial charge < -0.3 is 9.47 Å². The predicted octanol–water partition coefficient (Wildman–Crippen LogP) is 7.44. The summed E-state index contributed by atoms with van der Waals surface area (Å²) >= 11 is 0. The van der Waals surface area contributed by atoms with E-state index < -0.39 is 64.3 Å². The Morgan fingerprint density at radius 3 is 1.86 bits per heavy atom. The molecule has 0 aromatic heterocycles. The first-order valence-corrected chi connectivity index (χ1v) is 9.90. The molecule has 0 bridgehead atoms. The van der Waals surface area contributed by atoms with Crippen LogP contribution < -0.4 is 9.47 Å². The predicted molar refractivity (Wildman–Crippen MR) is 107 cm³/mol. The third-order valence-corrected chi connectivity index (χ3v) is 4.64. The van der Waals surface area contributed by atoms with E-state index in [1.807, 2.05) is 0 Å². The van der Waals surface area contributed by atoms with Gasteiger partial charge in [-0.15, -0.1) is 0 Å². The van der Waals surface area contributed by atoms with E-state index in [9.17, 15) is 44.3 Å². The Morgan fingerprint density at radius 1 is 0.806 bits per heavy atom. The van der Waals surface area contributed by atoms with Crippen molar-refractivity contribution in [1.82, 2.24) is 0 Å². The van der Waals surface area contributed by atoms with E-state index in [1.54, 1.807) is 0 Å². The van der Waals surface area contributed by atoms with Crippen molar-refractivity contribution in [2.45, 2.75) is 19.0 Å². The summed E-state index contributed by atoms with van der Waals surface area (Å²) in [6.07, 6.45) is -5.61. The van der Waals surface area contributed by atoms with Crippen LogP contribution in [0.4, 0.5) is 39.5 Å². The number of hydrogen-bond donors (Lipinski definition) is 0. The Balaban J connectivity index is 1.75. The van der Waals surface area contributed by atoms with Crippen LogP contribution in [0.3, 0.4) is 0 Å². The van der Waals surface area contributed by atoms with Gasteiger partial charge in [0, 0.05) is 24.3 Å². The van der Waals surface area contributed by atoms with E-state index >= 15 is 0 Å². The minimum Gasteiger partial charge on any atom is -0.429 e. The molecule has 36 heavy (non-hydrogen) atoms. The van der Waals surface area contributed by atoms with Crippen LogP contribution in [-0.2, 0) is 12.5 Å². The second kappa shape index (κ2) is 10.8. The lowest BCUT2D eigenvalue weighted by Gasteiger charge is -2.20. The van der Waals surface area contributed by atoms with Crippen LogP contribution in [0.25, 0.3) is 0 Å². The zero-order chi connectivity index (χ0) is 26.6. The molecule has 190 valence electrons. The normalized spacial score (nSPS) is 11.2. The minimum atomic E-state index is -4.80. The zero-order valence-electron chi connectivity index (χ0n) is 17.7. The Labute approximate surface area is 197 Å². The average Bonchev–Trinajstić information content (AvgIpc) is 2.76. The molecule has 0 saturated carbocycles. The molecule has 3 aromatic rings. The molecule has 0 unspecified atom stereocenters. The molecule has 0 aliphatic heterocycles. The van der Waals surface area contributed by atoms with Crippen molar-refractivity contribution in [3.63, 3.8) is 0 Å². The first-order chi connectivity index (χ1) is 16.9. The summed E-state index contributed by atoms with van der Waals surface area (Å²) in [5, 5.41) is 0. The SMILES string of the molecule is O=C(Oc1cc(F)c(C(F)(F)Oc2cc(F)c(F)c(F)c2)c(F)c1)c1ccc(CCC=C(F)F)cc1. The molecule has 0 radical (unpaired) electrons. The molecule has 0 heterocycles. The van der Waals surface area contributed by atoms with Crippen LogP contribution in [0, 0.1) is 29.1 Å². The molecule has 3 aromatic carbocycles. The monoisotopic (exact) mass is 520 g/mol. The third kappa shape index (κ3) is 6.37. The molecule has 0 fully saturated rings. The first kappa shape index (κ1) is 26.6. The van der Waals surface area contributed by atoms with Crippen molar-refractivity contribution >= 4 is 5.97 Å². The molecule has 0 amide bonds. The number of allylic oxidation sites excluding steroid dienone is 1. The minimum absolute atomic E-state index is 0.0520. The number of esters is 1. The number of aryl methyl sites for hydroxylation is 1. The van der Waals surface area contributed by atoms with Crippen molar-refractivity contribution in [3.8, 4) is 11.5 Å². The van der Waals surface area contributed by atoms with E-state index in [2.05, 4.69) is 4.74 Å². The maximum Gasteiger partial charge on any atom is 0.432 e. The van der Waals surface area contributed by atoms with Gasteiger partial charge in [0.25, 0.3) is 6.08 Å². The highest BCUT2D eigenvalue weighted by atomic mass is 19.3. The standard InChI is InChI=1S/C24H13F9O3/c25-16-8-14(35-23(34)13-6-4-12(5-7-13)2-1-3-20(29)30)9-17(26)21(16)24(32,33)36-15-10-18(27)22(31)19(28)11-15/h3-11H,1-2H2. The number of halogens is 9. The van der Waals surface area contributed by atoms with Gasteiger partial charge in [-0.05, 0) is 36.6 Å². The molecule has 0 spiro atoms. The van der Waals surface area contributed by atoms with Gasteiger partial charge in [-0.3, -0.25) is 0 Å². The summed E-state index contributed by atoms with van der Waals surface area (Å²) in [6, 6.07) is 6.01. The van der Waals surface area contributed by atoms with Gasteiger partial charge in [0.05, 0.1) is 5.56 Å². The number of hydrogen-bond acceptors (Lipinski definition) is 3. The molecule has 0 saturated heterocycles. The van der Waals surface area contributed by atoms with Crippen molar-refractivity contribution in [2.24, 2.45) is 0 Å². The van der Waals surface area contributed by atoms with Crippen LogP contribution >= 0.6 is 0 Å². The highest BCUT2D eigenvalue weighted by molar-refractivity contribution is 5.91. The van der Waals surface area contributed by atoms with E-state index in [1.165, 1.54) is 24.3 Å². The van der Waals surface area contributed by atoms with Crippen LogP contribution in [-0.4, -0.2) is 5.97 Å². The Morgan fingerprint density at radius 2 is 1.33 bits per heavy atom. The number of alkyl halides is 2. The van der Waals surface area contributed by atoms with Crippen LogP contribution in [0.1, 0.15) is 27.9 Å². The van der Waals surface area contributed by atoms with Crippen LogP contribution in [0.15, 0.2) is 60.7 Å². The van der Waals surface area contributed by atoms with Gasteiger partial charge in [-0.1, -0.05) is 12.1 Å². The first-order valence-electron chi connectivity index (χ1n) is 9.90. The highest BCUT2D eigenvalue weighted by Gasteiger charge is 2.41. The Kier molecular flexibility index (Phi) is 7.96. The Bertz CT molecular complexity index is 1250. The summed E-state index contributed by atoms with van der Waals surface area (Å²) in [7, 11) is 0. The zero-order valence-corrected chi connectivity index (χ0v) is 17.7. The molecule has 0 N–H and O–H groups in total. The lowest BCUT2D eigenvalue weighted by molar-refractivity contribution is -0.189. The molecule has 0 aliphatic rings. The molecule has 3 rings (SSSR count). The van der Waals surface area contributed by atoms with Gasteiger partial charge in [0.15, 0.2) is 17.5 Å². The van der Waals surface area contributed by atoms with Crippen molar-refractivity contribution in [2.75, 3.05) is 0 Å². The maximum atomic E-state index is 14.4. The fourth-order valence-electron chi connectivity index (χ4n) is 3.00. The van der Waals surface area contributed by atoms with E-state index in [-0.39, 0.29) is 42.7 Å². The van der Waals surface area contributed by atoms with Gasteiger partial charge >= 0.3 is 12.1 Å². The van der Waals surface area contributed by atoms with Crippen LogP contribution in [0.5, 0.6) is 11.5 Å². The highest BCUT2D eigenvalue weighted by Crippen LogP contribution is 2.37. The van der Waals surface area contributed by atoms with Gasteiger partial charge in [0.2, 0.25) is 0 Å². The molecule has 3 nitrogen and oxygen atoms in total. The second-order valence-electron chi connectivity index (χ2n) is 7.20. The number of ether oxygens (including phenoxy) is 2. The third-order valence-electron chi connectivity index (χ3n) is 4.64. The van der Waals surface area contributed by atoms with E-state index in [4.69, 9.17) is 4.74 Å². The van der Waals surface area contributed by atoms with Crippen molar-refractivity contribution < 1.29 is 53.8 Å². The summed E-state index contributed by atoms with van der Waals surface area (Å²) < 4.78 is 130. The largest absolute Gasteiger partial charge is 0.432 e. The van der Waals surface area contributed by atoms with Gasteiger partial charge in [-0.25, -0.2) is 26.7 Å². The summed E-state index contributed by atoms with van der Waals surface area (Å²) in [4.78, 5) is 12.2. The second-order valence-corrected chi connectivity index (χ2v) is 7.20. The van der Waals surface area contributed by atoms with E-state index in [0.717, 1.165) is 6.08 Å². The number of carbonyl (C=O) groups excluding carboxylic acids is 1. The Hall–Kier alpha value is -3.96. The molecule has 0 aliphatic carbocycles. The number of benzene rings is 3. The lowest BCUT2D eigenvalue weighted by Crippen LogP contribution is -2.25. The summed E-state index contributed by atoms with van der Waals surface area (Å²) in [5.74, 6) is -12.7. The van der Waals surface area contributed by atoms with E-state index in [0.29, 0.717) is 5.56 Å². The topological polar surface area (TPSA) is 35.5 Å². The maximum absolute atomic E-state index is 14.4. The van der Waals surface area contributed by atoms with Gasteiger partial charge in [-0.2, -0.15) is 17.6 Å². The quantitative estimate of drug-likeness (QED) is 0.134. The fourth-order valence-corrected chi connectivity index (χ4v) is 3.00. The average molecular weight is 520 g/mol. The van der Waals surface area contributed by atoms with Crippen molar-refractivity contribution in [3.05, 3.63) is 106 Å². The number of rotatable bonds is 8. The smallest absolute Gasteiger partial charge is 0.429 e. The molecular weight excluding hydrogens is 507 g/mol. The van der Waals surface area contributed by atoms with Crippen molar-refractivity contribution in [1.29, 1.82) is 0 Å². The van der Waals surface area contributed by atoms with Gasteiger partial charge in [0.1, 0.15) is 28.7 Å². The number of carbonyl (C=O) groups is 1. The molecule has 0 atom stereocenters.